The number of nitrogens with one attached hydrogen (secondary N) is 2. The molecule has 2 heterocycles. The number of hydrogen-bond donors (Lipinski definition) is 2. The highest BCUT2D eigenvalue weighted by Gasteiger charge is 2.33. The minimum absolute atomic E-state index is 0. The molecule has 0 aliphatic carbocycles. The topological polar surface area (TPSA) is 66.7 Å². The van der Waals surface area contributed by atoms with Crippen molar-refractivity contribution in [3.8, 4) is 0 Å². The molecular weight excluding hydrogens is 443 g/mol. The zero-order chi connectivity index (χ0) is 18.4. The van der Waals surface area contributed by atoms with Crippen LogP contribution in [-0.4, -0.2) is 64.6 Å². The predicted molar refractivity (Wildman–Crippen MR) is 117 cm³/mol. The lowest BCUT2D eigenvalue weighted by Crippen LogP contribution is -2.59. The second kappa shape index (κ2) is 10.5. The third-order valence-electron chi connectivity index (χ3n) is 4.63. The molecule has 0 amide bonds. The van der Waals surface area contributed by atoms with Gasteiger partial charge in [-0.15, -0.1) is 24.0 Å². The molecule has 1 aliphatic heterocycles. The van der Waals surface area contributed by atoms with Crippen molar-refractivity contribution in [3.63, 3.8) is 0 Å². The van der Waals surface area contributed by atoms with Crippen molar-refractivity contribution in [1.29, 1.82) is 0 Å². The van der Waals surface area contributed by atoms with Gasteiger partial charge >= 0.3 is 0 Å². The summed E-state index contributed by atoms with van der Waals surface area (Å²) in [7, 11) is 1.94. The Bertz CT molecular complexity index is 564. The molecule has 2 rings (SSSR count). The maximum Gasteiger partial charge on any atom is 0.191 e. The fraction of sp³-hybridized carbons (Fsp3) is 0.778. The van der Waals surface area contributed by atoms with Gasteiger partial charge in [0.25, 0.3) is 0 Å². The van der Waals surface area contributed by atoms with E-state index in [0.29, 0.717) is 6.54 Å². The van der Waals surface area contributed by atoms with Crippen molar-refractivity contribution < 1.29 is 4.74 Å². The Morgan fingerprint density at radius 1 is 1.31 bits per heavy atom. The van der Waals surface area contributed by atoms with Crippen molar-refractivity contribution in [2.75, 3.05) is 26.2 Å². The number of aryl methyl sites for hydroxylation is 1. The molecule has 7 nitrogen and oxygen atoms in total. The number of nitrogens with zero attached hydrogens (tertiary/aromatic N) is 4. The zero-order valence-corrected chi connectivity index (χ0v) is 19.3. The van der Waals surface area contributed by atoms with Gasteiger partial charge in [-0.05, 0) is 40.7 Å². The Hall–Kier alpha value is -0.870. The number of aromatic nitrogens is 2. The van der Waals surface area contributed by atoms with E-state index in [1.165, 1.54) is 0 Å². The average Bonchev–Trinajstić information content (AvgIpc) is 2.94. The van der Waals surface area contributed by atoms with Crippen LogP contribution in [0.4, 0.5) is 0 Å². The molecule has 1 saturated heterocycles. The fourth-order valence-corrected chi connectivity index (χ4v) is 3.14. The molecule has 0 radical (unpaired) electrons. The van der Waals surface area contributed by atoms with E-state index >= 15 is 0 Å². The van der Waals surface area contributed by atoms with Crippen molar-refractivity contribution in [1.82, 2.24) is 25.3 Å². The minimum atomic E-state index is 0. The van der Waals surface area contributed by atoms with E-state index in [0.717, 1.165) is 37.8 Å². The molecule has 0 spiro atoms. The second-order valence-corrected chi connectivity index (χ2v) is 7.47. The highest BCUT2D eigenvalue weighted by Crippen LogP contribution is 2.20. The van der Waals surface area contributed by atoms with Crippen LogP contribution in [-0.2, 0) is 18.3 Å². The molecule has 26 heavy (non-hydrogen) atoms. The SMILES string of the molecule is CCNC(=NCc1ccnn1C)NCC(C)(C)N1CC(C)OC(C)C1.I. The molecule has 8 heteroatoms. The molecule has 0 bridgehead atoms. The highest BCUT2D eigenvalue weighted by molar-refractivity contribution is 14.0. The highest BCUT2D eigenvalue weighted by atomic mass is 127. The second-order valence-electron chi connectivity index (χ2n) is 7.47. The minimum Gasteiger partial charge on any atom is -0.373 e. The van der Waals surface area contributed by atoms with Crippen LogP contribution in [0.5, 0.6) is 0 Å². The Kier molecular flexibility index (Phi) is 9.32. The van der Waals surface area contributed by atoms with Crippen LogP contribution in [0.25, 0.3) is 0 Å². The van der Waals surface area contributed by atoms with Gasteiger partial charge < -0.3 is 15.4 Å². The van der Waals surface area contributed by atoms with Gasteiger partial charge in [0.05, 0.1) is 24.4 Å². The van der Waals surface area contributed by atoms with E-state index < -0.39 is 0 Å². The Balaban J connectivity index is 0.00000338. The third kappa shape index (κ3) is 6.70. The molecule has 0 aromatic carbocycles. The fourth-order valence-electron chi connectivity index (χ4n) is 3.14. The number of morpholine rings is 1. The molecule has 1 fully saturated rings. The van der Waals surface area contributed by atoms with E-state index in [1.54, 1.807) is 6.20 Å². The van der Waals surface area contributed by atoms with Gasteiger partial charge in [0, 0.05) is 45.0 Å². The molecule has 1 aliphatic rings. The molecule has 2 atom stereocenters. The van der Waals surface area contributed by atoms with Crippen molar-refractivity contribution >= 4 is 29.9 Å². The van der Waals surface area contributed by atoms with Crippen LogP contribution in [0.15, 0.2) is 17.3 Å². The van der Waals surface area contributed by atoms with Gasteiger partial charge in [-0.25, -0.2) is 4.99 Å². The van der Waals surface area contributed by atoms with E-state index in [2.05, 4.69) is 60.2 Å². The van der Waals surface area contributed by atoms with E-state index in [9.17, 15) is 0 Å². The summed E-state index contributed by atoms with van der Waals surface area (Å²) in [4.78, 5) is 7.19. The third-order valence-corrected chi connectivity index (χ3v) is 4.63. The molecule has 1 aromatic heterocycles. The first-order chi connectivity index (χ1) is 11.8. The summed E-state index contributed by atoms with van der Waals surface area (Å²) in [5.41, 5.74) is 1.11. The standard InChI is InChI=1S/C18H34N6O.HI/c1-7-19-17(20-10-16-8-9-22-23(16)6)21-13-18(4,5)24-11-14(2)25-15(3)12-24;/h8-9,14-15H,7,10-13H2,1-6H3,(H2,19,20,21);1H. The maximum absolute atomic E-state index is 5.86. The number of hydrogen-bond acceptors (Lipinski definition) is 4. The Labute approximate surface area is 175 Å². The summed E-state index contributed by atoms with van der Waals surface area (Å²) in [5, 5.41) is 11.0. The maximum atomic E-state index is 5.86. The Morgan fingerprint density at radius 2 is 1.96 bits per heavy atom. The summed E-state index contributed by atoms with van der Waals surface area (Å²) >= 11 is 0. The Morgan fingerprint density at radius 3 is 2.50 bits per heavy atom. The molecule has 2 unspecified atom stereocenters. The molecule has 2 N–H and O–H groups in total. The number of guanidine groups is 1. The van der Waals surface area contributed by atoms with Gasteiger partial charge in [0.2, 0.25) is 0 Å². The van der Waals surface area contributed by atoms with Gasteiger partial charge in [0.15, 0.2) is 5.96 Å². The number of aliphatic imine (C=N–C) groups is 1. The van der Waals surface area contributed by atoms with Gasteiger partial charge in [-0.2, -0.15) is 5.10 Å². The van der Waals surface area contributed by atoms with Gasteiger partial charge in [0.1, 0.15) is 0 Å². The average molecular weight is 478 g/mol. The lowest BCUT2D eigenvalue weighted by molar-refractivity contribution is -0.0946. The van der Waals surface area contributed by atoms with Crippen LogP contribution >= 0.6 is 24.0 Å². The number of ether oxygens (including phenoxy) is 1. The van der Waals surface area contributed by atoms with E-state index in [-0.39, 0.29) is 41.7 Å². The summed E-state index contributed by atoms with van der Waals surface area (Å²) in [6.07, 6.45) is 2.35. The summed E-state index contributed by atoms with van der Waals surface area (Å²) in [5.74, 6) is 0.839. The lowest BCUT2D eigenvalue weighted by atomic mass is 10.00. The van der Waals surface area contributed by atoms with Crippen molar-refractivity contribution in [2.45, 2.75) is 58.9 Å². The number of rotatable bonds is 6. The largest absolute Gasteiger partial charge is 0.373 e. The first kappa shape index (κ1) is 23.2. The van der Waals surface area contributed by atoms with E-state index in [1.807, 2.05) is 17.8 Å². The van der Waals surface area contributed by atoms with Gasteiger partial charge in [-0.1, -0.05) is 0 Å². The summed E-state index contributed by atoms with van der Waals surface area (Å²) in [6, 6.07) is 1.99. The van der Waals surface area contributed by atoms with Crippen LogP contribution in [0.1, 0.15) is 40.3 Å². The normalized spacial score (nSPS) is 22.0. The first-order valence-corrected chi connectivity index (χ1v) is 9.21. The zero-order valence-electron chi connectivity index (χ0n) is 17.0. The van der Waals surface area contributed by atoms with Crippen molar-refractivity contribution in [2.24, 2.45) is 12.0 Å². The van der Waals surface area contributed by atoms with Crippen molar-refractivity contribution in [3.05, 3.63) is 18.0 Å². The smallest absolute Gasteiger partial charge is 0.191 e. The lowest BCUT2D eigenvalue weighted by Gasteiger charge is -2.45. The molecule has 150 valence electrons. The van der Waals surface area contributed by atoms with E-state index in [4.69, 9.17) is 4.74 Å². The molecule has 1 aromatic rings. The quantitative estimate of drug-likeness (QED) is 0.372. The van der Waals surface area contributed by atoms with Gasteiger partial charge in [-0.3, -0.25) is 9.58 Å². The predicted octanol–water partition coefficient (Wildman–Crippen LogP) is 1.98. The van der Waals surface area contributed by atoms with Crippen LogP contribution in [0, 0.1) is 0 Å². The first-order valence-electron chi connectivity index (χ1n) is 9.21. The van der Waals surface area contributed by atoms with Crippen LogP contribution in [0.2, 0.25) is 0 Å². The monoisotopic (exact) mass is 478 g/mol. The summed E-state index contributed by atoms with van der Waals surface area (Å²) < 4.78 is 7.72. The summed E-state index contributed by atoms with van der Waals surface area (Å²) in [6.45, 7) is 15.1. The van der Waals surface area contributed by atoms with Crippen LogP contribution < -0.4 is 10.6 Å². The molecular formula is C18H35IN6O. The number of halogens is 1. The molecule has 0 saturated carbocycles. The van der Waals surface area contributed by atoms with Crippen LogP contribution in [0.3, 0.4) is 0 Å².